The molecule has 2 saturated carbocycles. The Morgan fingerprint density at radius 1 is 1.00 bits per heavy atom. The normalized spacial score (nSPS) is 37.5. The van der Waals surface area contributed by atoms with Crippen LogP contribution in [0.2, 0.25) is 0 Å². The first-order valence-corrected chi connectivity index (χ1v) is 12.8. The maximum atomic E-state index is 13.3. The Morgan fingerprint density at radius 2 is 1.69 bits per heavy atom. The van der Waals surface area contributed by atoms with E-state index in [0.717, 1.165) is 24.8 Å². The largest absolute Gasteiger partial charge is 0.458 e. The molecule has 0 bridgehead atoms. The molecule has 5 heteroatoms. The van der Waals surface area contributed by atoms with Crippen LogP contribution in [0.1, 0.15) is 80.5 Å². The molecule has 7 atom stereocenters. The molecule has 184 valence electrons. The van der Waals surface area contributed by atoms with Crippen molar-refractivity contribution in [1.29, 1.82) is 0 Å². The zero-order valence-electron chi connectivity index (χ0n) is 21.0. The third-order valence-electron chi connectivity index (χ3n) is 9.71. The number of rotatable bonds is 4. The number of allylic oxidation sites excluding steroid dienone is 4. The van der Waals surface area contributed by atoms with E-state index in [0.29, 0.717) is 29.9 Å². The van der Waals surface area contributed by atoms with Gasteiger partial charge < -0.3 is 4.74 Å². The first kappa shape index (κ1) is 23.9. The molecular weight excluding hydrogens is 440 g/mol. The predicted octanol–water partition coefficient (Wildman–Crippen LogP) is 5.54. The molecule has 0 aliphatic heterocycles. The van der Waals surface area contributed by atoms with Gasteiger partial charge in [0.2, 0.25) is 0 Å². The molecule has 5 rings (SSSR count). The van der Waals surface area contributed by atoms with Crippen LogP contribution in [0.5, 0.6) is 0 Å². The summed E-state index contributed by atoms with van der Waals surface area (Å²) in [7, 11) is 0. The van der Waals surface area contributed by atoms with Gasteiger partial charge >= 0.3 is 5.97 Å². The summed E-state index contributed by atoms with van der Waals surface area (Å²) in [4.78, 5) is 49.8. The van der Waals surface area contributed by atoms with E-state index < -0.39 is 5.97 Å². The fraction of sp³-hybridized carbons (Fsp3) is 0.533. The summed E-state index contributed by atoms with van der Waals surface area (Å²) in [6.07, 6.45) is 9.50. The molecule has 4 aliphatic rings. The summed E-state index contributed by atoms with van der Waals surface area (Å²) in [6.45, 7) is 7.61. The van der Waals surface area contributed by atoms with E-state index in [2.05, 4.69) is 26.0 Å². The lowest BCUT2D eigenvalue weighted by Gasteiger charge is -2.58. The van der Waals surface area contributed by atoms with Crippen molar-refractivity contribution in [3.05, 3.63) is 59.2 Å². The number of ketones is 3. The number of ether oxygens (including phenoxy) is 1. The Kier molecular flexibility index (Phi) is 5.73. The van der Waals surface area contributed by atoms with Crippen LogP contribution in [0.25, 0.3) is 0 Å². The lowest BCUT2D eigenvalue weighted by molar-refractivity contribution is -0.135. The van der Waals surface area contributed by atoms with Crippen LogP contribution < -0.4 is 0 Å². The van der Waals surface area contributed by atoms with Crippen molar-refractivity contribution < 1.29 is 23.9 Å². The van der Waals surface area contributed by atoms with E-state index in [-0.39, 0.29) is 52.0 Å². The highest BCUT2D eigenvalue weighted by Crippen LogP contribution is 2.65. The fourth-order valence-electron chi connectivity index (χ4n) is 7.92. The van der Waals surface area contributed by atoms with Crippen LogP contribution in [0.3, 0.4) is 0 Å². The average molecular weight is 475 g/mol. The van der Waals surface area contributed by atoms with Crippen LogP contribution in [0.15, 0.2) is 48.1 Å². The fourth-order valence-corrected chi connectivity index (χ4v) is 7.92. The second-order valence-corrected chi connectivity index (χ2v) is 11.6. The Morgan fingerprint density at radius 3 is 2.34 bits per heavy atom. The van der Waals surface area contributed by atoms with Crippen molar-refractivity contribution in [1.82, 2.24) is 0 Å². The maximum absolute atomic E-state index is 13.3. The number of hydrogen-bond acceptors (Lipinski definition) is 5. The molecule has 0 N–H and O–H groups in total. The van der Waals surface area contributed by atoms with Crippen LogP contribution in [-0.2, 0) is 14.3 Å². The van der Waals surface area contributed by atoms with Crippen molar-refractivity contribution in [3.63, 3.8) is 0 Å². The minimum Gasteiger partial charge on any atom is -0.458 e. The molecule has 1 aromatic rings. The molecule has 2 fully saturated rings. The third-order valence-corrected chi connectivity index (χ3v) is 9.71. The molecule has 35 heavy (non-hydrogen) atoms. The molecule has 0 heterocycles. The summed E-state index contributed by atoms with van der Waals surface area (Å²) in [5, 5.41) is 0. The first-order chi connectivity index (χ1) is 16.5. The van der Waals surface area contributed by atoms with E-state index >= 15 is 0 Å². The van der Waals surface area contributed by atoms with Gasteiger partial charge in [-0.05, 0) is 86.0 Å². The minimum absolute atomic E-state index is 0.0319. The van der Waals surface area contributed by atoms with Gasteiger partial charge in [-0.15, -0.1) is 0 Å². The average Bonchev–Trinajstić information content (AvgIpc) is 3.16. The maximum Gasteiger partial charge on any atom is 0.338 e. The molecule has 0 radical (unpaired) electrons. The van der Waals surface area contributed by atoms with Gasteiger partial charge in [-0.1, -0.05) is 38.1 Å². The predicted molar refractivity (Wildman–Crippen MR) is 132 cm³/mol. The Hall–Kier alpha value is -2.82. The third kappa shape index (κ3) is 3.75. The van der Waals surface area contributed by atoms with Crippen LogP contribution in [0, 0.1) is 34.5 Å². The van der Waals surface area contributed by atoms with Crippen LogP contribution in [-0.4, -0.2) is 29.4 Å². The highest BCUT2D eigenvalue weighted by molar-refractivity contribution is 5.96. The summed E-state index contributed by atoms with van der Waals surface area (Å²) in [5.74, 6) is 0.463. The van der Waals surface area contributed by atoms with Crippen LogP contribution >= 0.6 is 0 Å². The van der Waals surface area contributed by atoms with Gasteiger partial charge in [0, 0.05) is 23.8 Å². The molecule has 4 aliphatic carbocycles. The van der Waals surface area contributed by atoms with Gasteiger partial charge in [0.15, 0.2) is 11.6 Å². The van der Waals surface area contributed by atoms with Gasteiger partial charge in [-0.3, -0.25) is 14.4 Å². The number of carbonyl (C=O) groups is 4. The molecule has 0 aromatic heterocycles. The Labute approximate surface area is 207 Å². The Bertz CT molecular complexity index is 1160. The van der Waals surface area contributed by atoms with E-state index in [1.807, 2.05) is 0 Å². The summed E-state index contributed by atoms with van der Waals surface area (Å²) < 4.78 is 6.31. The quantitative estimate of drug-likeness (QED) is 0.423. The van der Waals surface area contributed by atoms with Gasteiger partial charge in [0.25, 0.3) is 0 Å². The minimum atomic E-state index is -0.404. The first-order valence-electron chi connectivity index (χ1n) is 12.8. The molecule has 0 spiro atoms. The number of fused-ring (bicyclic) bond motifs is 5. The molecular formula is C30H34O5. The smallest absolute Gasteiger partial charge is 0.338 e. The zero-order valence-corrected chi connectivity index (χ0v) is 21.0. The van der Waals surface area contributed by atoms with Gasteiger partial charge in [0.1, 0.15) is 11.9 Å². The van der Waals surface area contributed by atoms with Crippen molar-refractivity contribution in [3.8, 4) is 0 Å². The summed E-state index contributed by atoms with van der Waals surface area (Å²) >= 11 is 0. The van der Waals surface area contributed by atoms with Crippen molar-refractivity contribution >= 4 is 23.3 Å². The Balaban J connectivity index is 1.53. The SMILES string of the molecule is CC(=O)c1ccc(C(=O)O[C@H]2C[C@]3(C)[C@@H](C(C)=O)CC[C@H]3[C@@H]3C=CC4=CC(=O)CC[C@@]4(C)[C@@H]32)cc1. The van der Waals surface area contributed by atoms with E-state index in [1.165, 1.54) is 6.92 Å². The number of esters is 1. The van der Waals surface area contributed by atoms with Gasteiger partial charge in [0.05, 0.1) is 5.56 Å². The second-order valence-electron chi connectivity index (χ2n) is 11.6. The number of carbonyl (C=O) groups excluding carboxylic acids is 4. The molecule has 1 aromatic carbocycles. The van der Waals surface area contributed by atoms with Crippen molar-refractivity contribution in [2.24, 2.45) is 34.5 Å². The van der Waals surface area contributed by atoms with Gasteiger partial charge in [-0.2, -0.15) is 0 Å². The number of benzene rings is 1. The van der Waals surface area contributed by atoms with Crippen molar-refractivity contribution in [2.75, 3.05) is 0 Å². The number of hydrogen-bond donors (Lipinski definition) is 0. The van der Waals surface area contributed by atoms with Gasteiger partial charge in [-0.25, -0.2) is 4.79 Å². The molecule has 0 amide bonds. The monoisotopic (exact) mass is 474 g/mol. The lowest BCUT2D eigenvalue weighted by atomic mass is 9.47. The van der Waals surface area contributed by atoms with E-state index in [1.54, 1.807) is 37.3 Å². The molecule has 0 unspecified atom stereocenters. The second kappa shape index (κ2) is 8.39. The summed E-state index contributed by atoms with van der Waals surface area (Å²) in [5.41, 5.74) is 1.51. The topological polar surface area (TPSA) is 77.5 Å². The lowest BCUT2D eigenvalue weighted by Crippen LogP contribution is -2.56. The molecule has 0 saturated heterocycles. The van der Waals surface area contributed by atoms with Crippen LogP contribution in [0.4, 0.5) is 0 Å². The van der Waals surface area contributed by atoms with E-state index in [9.17, 15) is 19.2 Å². The summed E-state index contributed by atoms with van der Waals surface area (Å²) in [6, 6.07) is 6.59. The van der Waals surface area contributed by atoms with E-state index in [4.69, 9.17) is 4.74 Å². The molecule has 5 nitrogen and oxygen atoms in total. The standard InChI is InChI=1S/C30H34O5/c1-17(31)19-5-7-20(8-6-19)28(34)35-26-16-30(4)24(18(2)32)11-12-25(30)23-10-9-21-15-22(33)13-14-29(21,3)27(23)26/h5-10,15,23-27H,11-14,16H2,1-4H3/t23-,24+,25-,26-,27-,29+,30+/m0/s1. The van der Waals surface area contributed by atoms with Crippen molar-refractivity contribution in [2.45, 2.75) is 65.9 Å². The highest BCUT2D eigenvalue weighted by Gasteiger charge is 2.63. The highest BCUT2D eigenvalue weighted by atomic mass is 16.5. The zero-order chi connectivity index (χ0) is 25.1. The number of Topliss-reactive ketones (excluding diaryl/α,β-unsaturated/α-hetero) is 2.